The summed E-state index contributed by atoms with van der Waals surface area (Å²) in [5.74, 6) is -2.76. The molecule has 10 heteroatoms. The number of piperidine rings is 1. The highest BCUT2D eigenvalue weighted by molar-refractivity contribution is 7.88. The molecule has 3 rings (SSSR count). The van der Waals surface area contributed by atoms with E-state index in [-0.39, 0.29) is 6.04 Å². The fourth-order valence-corrected chi connectivity index (χ4v) is 4.90. The SMILES string of the molecule is Cc1ccc(CN2CCC3(CC2)CC(NS(C)(=O)=O)C3)cc1C.O=C(O)C(F)(F)F. The van der Waals surface area contributed by atoms with Gasteiger partial charge in [-0.1, -0.05) is 18.2 Å². The van der Waals surface area contributed by atoms with Crippen molar-refractivity contribution in [3.8, 4) is 0 Å². The van der Waals surface area contributed by atoms with Crippen LogP contribution in [0, 0.1) is 19.3 Å². The van der Waals surface area contributed by atoms with Crippen LogP contribution in [0.15, 0.2) is 18.2 Å². The monoisotopic (exact) mass is 450 g/mol. The van der Waals surface area contributed by atoms with Crippen molar-refractivity contribution in [1.29, 1.82) is 0 Å². The van der Waals surface area contributed by atoms with Gasteiger partial charge in [-0.3, -0.25) is 4.90 Å². The topological polar surface area (TPSA) is 86.7 Å². The number of rotatable bonds is 4. The van der Waals surface area contributed by atoms with Crippen LogP contribution < -0.4 is 4.72 Å². The van der Waals surface area contributed by atoms with Crippen LogP contribution in [0.1, 0.15) is 42.4 Å². The maximum absolute atomic E-state index is 11.3. The van der Waals surface area contributed by atoms with Crippen molar-refractivity contribution in [3.63, 3.8) is 0 Å². The Kier molecular flexibility index (Phi) is 7.58. The predicted octanol–water partition coefficient (Wildman–Crippen LogP) is 3.23. The second-order valence-electron chi connectivity index (χ2n) is 8.49. The number of hydrogen-bond donors (Lipinski definition) is 2. The van der Waals surface area contributed by atoms with Gasteiger partial charge >= 0.3 is 12.1 Å². The molecule has 1 aliphatic carbocycles. The summed E-state index contributed by atoms with van der Waals surface area (Å²) in [5.41, 5.74) is 4.51. The average molecular weight is 451 g/mol. The molecule has 2 aliphatic rings. The molecule has 170 valence electrons. The van der Waals surface area contributed by atoms with Gasteiger partial charge in [-0.15, -0.1) is 0 Å². The number of aliphatic carboxylic acids is 1. The summed E-state index contributed by atoms with van der Waals surface area (Å²) in [6, 6.07) is 6.91. The first-order valence-corrected chi connectivity index (χ1v) is 11.6. The van der Waals surface area contributed by atoms with Gasteiger partial charge in [0.15, 0.2) is 0 Å². The standard InChI is InChI=1S/C18H28N2O2S.C2HF3O2/c1-14-4-5-16(10-15(14)2)13-20-8-6-18(7-9-20)11-17(12-18)19-23(3,21)22;3-2(4,5)1(6)7/h4-5,10,17,19H,6-9,11-13H2,1-3H3;(H,6,7). The number of alkyl halides is 3. The molecule has 0 radical (unpaired) electrons. The fraction of sp³-hybridized carbons (Fsp3) is 0.650. The van der Waals surface area contributed by atoms with Crippen molar-refractivity contribution in [2.45, 2.75) is 58.3 Å². The Bertz CT molecular complexity index is 855. The lowest BCUT2D eigenvalue weighted by Crippen LogP contribution is -2.54. The van der Waals surface area contributed by atoms with Gasteiger partial charge < -0.3 is 5.11 Å². The van der Waals surface area contributed by atoms with E-state index in [2.05, 4.69) is 41.7 Å². The molecule has 1 heterocycles. The number of benzene rings is 1. The number of carboxylic acid groups (broad SMARTS) is 1. The molecule has 0 amide bonds. The van der Waals surface area contributed by atoms with Crippen LogP contribution in [0.5, 0.6) is 0 Å². The number of halogens is 3. The van der Waals surface area contributed by atoms with Crippen LogP contribution in [-0.4, -0.2) is 56.0 Å². The van der Waals surface area contributed by atoms with E-state index in [1.54, 1.807) is 0 Å². The van der Waals surface area contributed by atoms with Crippen molar-refractivity contribution < 1.29 is 31.5 Å². The summed E-state index contributed by atoms with van der Waals surface area (Å²) in [4.78, 5) is 11.4. The van der Waals surface area contributed by atoms with Gasteiger partial charge in [0.1, 0.15) is 0 Å². The largest absolute Gasteiger partial charge is 0.490 e. The lowest BCUT2D eigenvalue weighted by atomic mass is 9.60. The molecule has 30 heavy (non-hydrogen) atoms. The lowest BCUT2D eigenvalue weighted by Gasteiger charge is -2.52. The fourth-order valence-electron chi connectivity index (χ4n) is 4.13. The third-order valence-electron chi connectivity index (χ3n) is 5.88. The van der Waals surface area contributed by atoms with Crippen molar-refractivity contribution in [2.75, 3.05) is 19.3 Å². The van der Waals surface area contributed by atoms with Crippen molar-refractivity contribution >= 4 is 16.0 Å². The number of carbonyl (C=O) groups is 1. The number of nitrogens with one attached hydrogen (secondary N) is 1. The van der Waals surface area contributed by atoms with Gasteiger partial charge in [0, 0.05) is 12.6 Å². The maximum atomic E-state index is 11.3. The number of likely N-dealkylation sites (tertiary alicyclic amines) is 1. The van der Waals surface area contributed by atoms with E-state index in [1.165, 1.54) is 35.8 Å². The average Bonchev–Trinajstić information content (AvgIpc) is 2.57. The van der Waals surface area contributed by atoms with E-state index >= 15 is 0 Å². The summed E-state index contributed by atoms with van der Waals surface area (Å²) in [5, 5.41) is 7.12. The van der Waals surface area contributed by atoms with Gasteiger partial charge in [-0.25, -0.2) is 17.9 Å². The zero-order valence-corrected chi connectivity index (χ0v) is 18.2. The predicted molar refractivity (Wildman–Crippen MR) is 108 cm³/mol. The van der Waals surface area contributed by atoms with E-state index < -0.39 is 22.2 Å². The highest BCUT2D eigenvalue weighted by Gasteiger charge is 2.46. The molecule has 2 N–H and O–H groups in total. The summed E-state index contributed by atoms with van der Waals surface area (Å²) in [7, 11) is -3.06. The number of sulfonamides is 1. The lowest BCUT2D eigenvalue weighted by molar-refractivity contribution is -0.192. The minimum Gasteiger partial charge on any atom is -0.475 e. The summed E-state index contributed by atoms with van der Waals surface area (Å²) in [6.45, 7) is 7.61. The molecule has 0 bridgehead atoms. The Morgan fingerprint density at radius 1 is 1.20 bits per heavy atom. The molecule has 2 fully saturated rings. The Labute approximate surface area is 175 Å². The first-order valence-electron chi connectivity index (χ1n) is 9.75. The van der Waals surface area contributed by atoms with Gasteiger partial charge in [-0.05, 0) is 74.7 Å². The third kappa shape index (κ3) is 7.24. The molecule has 0 unspecified atom stereocenters. The van der Waals surface area contributed by atoms with E-state index in [9.17, 15) is 21.6 Å². The minimum absolute atomic E-state index is 0.163. The second-order valence-corrected chi connectivity index (χ2v) is 10.3. The Morgan fingerprint density at radius 2 is 1.73 bits per heavy atom. The summed E-state index contributed by atoms with van der Waals surface area (Å²) in [6.07, 6.45) is 0.582. The molecule has 0 atom stereocenters. The van der Waals surface area contributed by atoms with Crippen LogP contribution >= 0.6 is 0 Å². The summed E-state index contributed by atoms with van der Waals surface area (Å²) < 4.78 is 57.1. The van der Waals surface area contributed by atoms with Gasteiger partial charge in [0.25, 0.3) is 0 Å². The zero-order valence-electron chi connectivity index (χ0n) is 17.4. The first-order chi connectivity index (χ1) is 13.7. The molecule has 0 aromatic heterocycles. The molecule has 1 saturated carbocycles. The minimum atomic E-state index is -5.08. The van der Waals surface area contributed by atoms with Crippen LogP contribution in [0.2, 0.25) is 0 Å². The number of nitrogens with zero attached hydrogens (tertiary/aromatic N) is 1. The van der Waals surface area contributed by atoms with Crippen LogP contribution in [0.3, 0.4) is 0 Å². The van der Waals surface area contributed by atoms with Crippen LogP contribution in [0.4, 0.5) is 13.2 Å². The molecule has 1 spiro atoms. The van der Waals surface area contributed by atoms with Crippen molar-refractivity contribution in [3.05, 3.63) is 34.9 Å². The third-order valence-corrected chi connectivity index (χ3v) is 6.64. The Hall–Kier alpha value is -1.65. The van der Waals surface area contributed by atoms with Crippen molar-refractivity contribution in [1.82, 2.24) is 9.62 Å². The van der Waals surface area contributed by atoms with Gasteiger partial charge in [0.2, 0.25) is 10.0 Å². The summed E-state index contributed by atoms with van der Waals surface area (Å²) >= 11 is 0. The second kappa shape index (κ2) is 9.23. The van der Waals surface area contributed by atoms with E-state index in [0.29, 0.717) is 5.41 Å². The van der Waals surface area contributed by atoms with Crippen LogP contribution in [-0.2, 0) is 21.4 Å². The zero-order chi connectivity index (χ0) is 22.7. The Balaban J connectivity index is 0.000000396. The van der Waals surface area contributed by atoms with Crippen molar-refractivity contribution in [2.24, 2.45) is 5.41 Å². The Morgan fingerprint density at radius 3 is 2.17 bits per heavy atom. The number of aryl methyl sites for hydroxylation is 2. The molecule has 1 aromatic carbocycles. The first kappa shape index (κ1) is 24.6. The normalized spacial score (nSPS) is 19.7. The van der Waals surface area contributed by atoms with E-state index in [4.69, 9.17) is 9.90 Å². The quantitative estimate of drug-likeness (QED) is 0.736. The van der Waals surface area contributed by atoms with Crippen LogP contribution in [0.25, 0.3) is 0 Å². The highest BCUT2D eigenvalue weighted by atomic mass is 32.2. The molecule has 1 aliphatic heterocycles. The molecule has 6 nitrogen and oxygen atoms in total. The highest BCUT2D eigenvalue weighted by Crippen LogP contribution is 2.49. The van der Waals surface area contributed by atoms with Gasteiger partial charge in [-0.2, -0.15) is 13.2 Å². The van der Waals surface area contributed by atoms with E-state index in [0.717, 1.165) is 32.5 Å². The van der Waals surface area contributed by atoms with E-state index in [1.807, 2.05) is 0 Å². The maximum Gasteiger partial charge on any atom is 0.490 e. The number of hydrogen-bond acceptors (Lipinski definition) is 4. The van der Waals surface area contributed by atoms with Gasteiger partial charge in [0.05, 0.1) is 6.26 Å². The molecule has 1 saturated heterocycles. The number of carboxylic acids is 1. The molecular weight excluding hydrogens is 421 g/mol. The molecule has 1 aromatic rings. The smallest absolute Gasteiger partial charge is 0.475 e. The molecular formula is C20H29F3N2O4S.